The predicted octanol–water partition coefficient (Wildman–Crippen LogP) is 8.59. The van der Waals surface area contributed by atoms with Gasteiger partial charge in [0.15, 0.2) is 0 Å². The van der Waals surface area contributed by atoms with Crippen molar-refractivity contribution in [1.29, 1.82) is 0 Å². The van der Waals surface area contributed by atoms with Gasteiger partial charge in [0.1, 0.15) is 12.2 Å². The molecule has 1 aromatic rings. The Labute approximate surface area is 215 Å². The minimum atomic E-state index is -0.419. The highest BCUT2D eigenvalue weighted by molar-refractivity contribution is 14.1. The average molecular weight is 573 g/mol. The van der Waals surface area contributed by atoms with E-state index in [9.17, 15) is 9.59 Å². The largest absolute Gasteiger partial charge is 0.459 e. The highest BCUT2D eigenvalue weighted by atomic mass is 127. The van der Waals surface area contributed by atoms with E-state index in [-0.39, 0.29) is 12.2 Å². The molecule has 0 radical (unpaired) electrons. The minimum absolute atomic E-state index is 0.120. The first-order valence-electron chi connectivity index (χ1n) is 12.9. The van der Waals surface area contributed by atoms with Crippen LogP contribution in [0.4, 0.5) is 0 Å². The van der Waals surface area contributed by atoms with Gasteiger partial charge < -0.3 is 9.47 Å². The maximum atomic E-state index is 13.2. The van der Waals surface area contributed by atoms with Crippen molar-refractivity contribution in [2.24, 2.45) is 11.8 Å². The molecule has 0 aliphatic rings. The summed E-state index contributed by atoms with van der Waals surface area (Å²) in [7, 11) is 0. The number of esters is 2. The lowest BCUT2D eigenvalue weighted by atomic mass is 10.0. The molecule has 0 saturated carbocycles. The molecule has 0 bridgehead atoms. The fraction of sp³-hybridized carbons (Fsp3) is 0.714. The smallest absolute Gasteiger partial charge is 0.340 e. The van der Waals surface area contributed by atoms with Crippen molar-refractivity contribution in [1.82, 2.24) is 0 Å². The van der Waals surface area contributed by atoms with Crippen LogP contribution in [0.15, 0.2) is 18.2 Å². The number of unbranched alkanes of at least 4 members (excludes halogenated alkanes) is 2. The molecule has 0 saturated heterocycles. The second kappa shape index (κ2) is 16.5. The van der Waals surface area contributed by atoms with Crippen LogP contribution in [0.1, 0.15) is 126 Å². The zero-order valence-electron chi connectivity index (χ0n) is 21.6. The molecule has 0 N–H and O–H groups in total. The number of halogens is 1. The third kappa shape index (κ3) is 11.7. The van der Waals surface area contributed by atoms with Crippen LogP contribution >= 0.6 is 22.6 Å². The highest BCUT2D eigenvalue weighted by Crippen LogP contribution is 2.24. The Bertz CT molecular complexity index is 714. The molecule has 0 aliphatic carbocycles. The molecular weight excluding hydrogens is 527 g/mol. The lowest BCUT2D eigenvalue weighted by Gasteiger charge is -2.21. The van der Waals surface area contributed by atoms with E-state index in [1.807, 2.05) is 6.07 Å². The molecule has 5 heteroatoms. The van der Waals surface area contributed by atoms with Crippen molar-refractivity contribution in [3.63, 3.8) is 0 Å². The number of hydrogen-bond acceptors (Lipinski definition) is 4. The van der Waals surface area contributed by atoms with Gasteiger partial charge in [-0.15, -0.1) is 0 Å². The Morgan fingerprint density at radius 2 is 1.24 bits per heavy atom. The Hall–Kier alpha value is -1.11. The zero-order valence-corrected chi connectivity index (χ0v) is 23.8. The van der Waals surface area contributed by atoms with Crippen LogP contribution in [0.2, 0.25) is 0 Å². The van der Waals surface area contributed by atoms with Crippen LogP contribution in [-0.2, 0) is 9.47 Å². The fourth-order valence-electron chi connectivity index (χ4n) is 3.75. The Balaban J connectivity index is 3.04. The zero-order chi connectivity index (χ0) is 24.8. The van der Waals surface area contributed by atoms with Crippen LogP contribution in [0.25, 0.3) is 0 Å². The van der Waals surface area contributed by atoms with Crippen molar-refractivity contribution in [3.05, 3.63) is 32.9 Å². The Kier molecular flexibility index (Phi) is 15.0. The number of hydrogen-bond donors (Lipinski definition) is 0. The van der Waals surface area contributed by atoms with Gasteiger partial charge in [0.05, 0.1) is 11.1 Å². The SMILES string of the molecule is CCCCC(CCC(C)C)OC(=O)c1cccc(I)c1C(=O)OC(CCCC)CCC(C)C. The van der Waals surface area contributed by atoms with Crippen molar-refractivity contribution < 1.29 is 19.1 Å². The molecule has 0 aromatic heterocycles. The lowest BCUT2D eigenvalue weighted by Crippen LogP contribution is -2.24. The average Bonchev–Trinajstić information content (AvgIpc) is 2.76. The van der Waals surface area contributed by atoms with Crippen molar-refractivity contribution >= 4 is 34.5 Å². The van der Waals surface area contributed by atoms with Gasteiger partial charge in [-0.3, -0.25) is 0 Å². The number of carbonyl (C=O) groups is 2. The summed E-state index contributed by atoms with van der Waals surface area (Å²) in [5.74, 6) is 0.282. The van der Waals surface area contributed by atoms with Gasteiger partial charge in [-0.1, -0.05) is 73.3 Å². The van der Waals surface area contributed by atoms with Gasteiger partial charge in [-0.2, -0.15) is 0 Å². The fourth-order valence-corrected chi connectivity index (χ4v) is 4.47. The summed E-state index contributed by atoms with van der Waals surface area (Å²) in [6.45, 7) is 13.0. The monoisotopic (exact) mass is 572 g/mol. The Morgan fingerprint density at radius 3 is 1.70 bits per heavy atom. The summed E-state index contributed by atoms with van der Waals surface area (Å²) in [6.07, 6.45) is 9.35. The van der Waals surface area contributed by atoms with Gasteiger partial charge in [0.2, 0.25) is 0 Å². The molecule has 1 aromatic carbocycles. The van der Waals surface area contributed by atoms with Gasteiger partial charge in [-0.25, -0.2) is 9.59 Å². The summed E-state index contributed by atoms with van der Waals surface area (Å²) in [5, 5.41) is 0. The second-order valence-corrected chi connectivity index (χ2v) is 11.1. The predicted molar refractivity (Wildman–Crippen MR) is 145 cm³/mol. The van der Waals surface area contributed by atoms with E-state index >= 15 is 0 Å². The molecule has 188 valence electrons. The van der Waals surface area contributed by atoms with E-state index in [0.717, 1.165) is 67.8 Å². The molecule has 2 atom stereocenters. The van der Waals surface area contributed by atoms with E-state index in [4.69, 9.17) is 9.47 Å². The van der Waals surface area contributed by atoms with Gasteiger partial charge in [-0.05, 0) is 85.1 Å². The molecule has 0 heterocycles. The molecule has 1 rings (SSSR count). The van der Waals surface area contributed by atoms with E-state index in [1.165, 1.54) is 0 Å². The lowest BCUT2D eigenvalue weighted by molar-refractivity contribution is 0.0195. The third-order valence-electron chi connectivity index (χ3n) is 5.88. The molecule has 0 fully saturated rings. The normalized spacial score (nSPS) is 13.2. The van der Waals surface area contributed by atoms with Crippen LogP contribution in [0.5, 0.6) is 0 Å². The van der Waals surface area contributed by atoms with Gasteiger partial charge >= 0.3 is 11.9 Å². The van der Waals surface area contributed by atoms with Crippen LogP contribution < -0.4 is 0 Å². The summed E-state index contributed by atoms with van der Waals surface area (Å²) in [4.78, 5) is 26.4. The molecule has 33 heavy (non-hydrogen) atoms. The second-order valence-electron chi connectivity index (χ2n) is 9.94. The Morgan fingerprint density at radius 1 is 0.758 bits per heavy atom. The molecular formula is C28H45IO4. The topological polar surface area (TPSA) is 52.6 Å². The maximum Gasteiger partial charge on any atom is 0.340 e. The number of benzene rings is 1. The van der Waals surface area contributed by atoms with Crippen LogP contribution in [-0.4, -0.2) is 24.1 Å². The van der Waals surface area contributed by atoms with Gasteiger partial charge in [0, 0.05) is 3.57 Å². The van der Waals surface area contributed by atoms with E-state index < -0.39 is 11.9 Å². The third-order valence-corrected chi connectivity index (χ3v) is 6.78. The first-order valence-corrected chi connectivity index (χ1v) is 14.0. The molecule has 2 unspecified atom stereocenters. The van der Waals surface area contributed by atoms with Crippen LogP contribution in [0.3, 0.4) is 0 Å². The molecule has 4 nitrogen and oxygen atoms in total. The van der Waals surface area contributed by atoms with E-state index in [0.29, 0.717) is 23.0 Å². The van der Waals surface area contributed by atoms with Crippen LogP contribution in [0, 0.1) is 15.4 Å². The van der Waals surface area contributed by atoms with E-state index in [1.54, 1.807) is 12.1 Å². The maximum absolute atomic E-state index is 13.2. The summed E-state index contributed by atoms with van der Waals surface area (Å²) in [5.41, 5.74) is 0.656. The number of carbonyl (C=O) groups excluding carboxylic acids is 2. The summed E-state index contributed by atoms with van der Waals surface area (Å²) >= 11 is 2.12. The molecule has 0 amide bonds. The quantitative estimate of drug-likeness (QED) is 0.147. The standard InChI is InChI=1S/C28H45IO4/c1-7-9-12-22(18-16-20(3)4)32-27(30)24-14-11-15-25(29)26(24)28(31)33-23(13-10-8-2)19-17-21(5)6/h11,14-15,20-23H,7-10,12-13,16-19H2,1-6H3. The highest BCUT2D eigenvalue weighted by Gasteiger charge is 2.26. The summed E-state index contributed by atoms with van der Waals surface area (Å²) < 4.78 is 12.6. The number of rotatable bonds is 16. The molecule has 0 aliphatic heterocycles. The summed E-state index contributed by atoms with van der Waals surface area (Å²) in [6, 6.07) is 5.34. The van der Waals surface area contributed by atoms with Crippen molar-refractivity contribution in [2.45, 2.75) is 118 Å². The molecule has 0 spiro atoms. The van der Waals surface area contributed by atoms with Gasteiger partial charge in [0.25, 0.3) is 0 Å². The minimum Gasteiger partial charge on any atom is -0.459 e. The van der Waals surface area contributed by atoms with Crippen molar-refractivity contribution in [3.8, 4) is 0 Å². The first kappa shape index (κ1) is 29.9. The van der Waals surface area contributed by atoms with Crippen molar-refractivity contribution in [2.75, 3.05) is 0 Å². The first-order chi connectivity index (χ1) is 15.7. The van der Waals surface area contributed by atoms with E-state index in [2.05, 4.69) is 64.1 Å². The number of ether oxygens (including phenoxy) is 2.